The largest absolute Gasteiger partial charge is 0.488 e. The third-order valence-corrected chi connectivity index (χ3v) is 2.13. The van der Waals surface area contributed by atoms with E-state index in [1.54, 1.807) is 0 Å². The van der Waals surface area contributed by atoms with Crippen LogP contribution in [-0.2, 0) is 4.74 Å². The maximum Gasteiger partial charge on any atom is 0.166 e. The smallest absolute Gasteiger partial charge is 0.166 e. The molecule has 14 heavy (non-hydrogen) atoms. The Morgan fingerprint density at radius 1 is 1.21 bits per heavy atom. The Morgan fingerprint density at radius 2 is 1.93 bits per heavy atom. The zero-order valence-electron chi connectivity index (χ0n) is 7.52. The molecular weight excluding hydrogens is 258 g/mol. The predicted octanol–water partition coefficient (Wildman–Crippen LogP) is 2.75. The second kappa shape index (κ2) is 5.26. The first-order chi connectivity index (χ1) is 6.65. The second-order valence-corrected chi connectivity index (χ2v) is 3.39. The summed E-state index contributed by atoms with van der Waals surface area (Å²) in [6, 6.07) is 2.02. The number of hydrogen-bond acceptors (Lipinski definition) is 2. The van der Waals surface area contributed by atoms with Gasteiger partial charge in [0.15, 0.2) is 11.6 Å². The maximum atomic E-state index is 13.1. The molecule has 2 nitrogen and oxygen atoms in total. The Kier molecular flexibility index (Phi) is 4.28. The molecule has 0 amide bonds. The Bertz CT molecular complexity index is 318. The highest BCUT2D eigenvalue weighted by Gasteiger charge is 2.08. The summed E-state index contributed by atoms with van der Waals surface area (Å²) in [4.78, 5) is 0. The lowest BCUT2D eigenvalue weighted by molar-refractivity contribution is 0.143. The van der Waals surface area contributed by atoms with E-state index in [9.17, 15) is 8.78 Å². The molecule has 0 saturated carbocycles. The average molecular weight is 267 g/mol. The fourth-order valence-electron chi connectivity index (χ4n) is 0.850. The highest BCUT2D eigenvalue weighted by molar-refractivity contribution is 9.10. The van der Waals surface area contributed by atoms with Crippen molar-refractivity contribution in [3.05, 3.63) is 28.2 Å². The zero-order chi connectivity index (χ0) is 10.6. The molecule has 1 aromatic carbocycles. The van der Waals surface area contributed by atoms with Crippen molar-refractivity contribution in [3.63, 3.8) is 0 Å². The minimum Gasteiger partial charge on any atom is -0.488 e. The van der Waals surface area contributed by atoms with Crippen LogP contribution in [0.5, 0.6) is 5.75 Å². The lowest BCUT2D eigenvalue weighted by Crippen LogP contribution is -2.05. The van der Waals surface area contributed by atoms with Crippen LogP contribution in [0, 0.1) is 11.6 Å². The Labute approximate surface area is 89.0 Å². The van der Waals surface area contributed by atoms with E-state index in [1.165, 1.54) is 7.11 Å². The summed E-state index contributed by atoms with van der Waals surface area (Å²) in [6.07, 6.45) is 0. The van der Waals surface area contributed by atoms with Crippen LogP contribution < -0.4 is 4.74 Å². The van der Waals surface area contributed by atoms with Gasteiger partial charge in [0.05, 0.1) is 11.1 Å². The van der Waals surface area contributed by atoms with Crippen molar-refractivity contribution >= 4 is 15.9 Å². The van der Waals surface area contributed by atoms with Gasteiger partial charge in [-0.05, 0) is 22.0 Å². The number of rotatable bonds is 4. The first-order valence-electron chi connectivity index (χ1n) is 3.91. The SMILES string of the molecule is COCCOc1cc(F)c(Br)cc1F. The first-order valence-corrected chi connectivity index (χ1v) is 4.70. The minimum absolute atomic E-state index is 0.0779. The summed E-state index contributed by atoms with van der Waals surface area (Å²) in [7, 11) is 1.50. The van der Waals surface area contributed by atoms with Gasteiger partial charge in [-0.1, -0.05) is 0 Å². The first kappa shape index (κ1) is 11.4. The van der Waals surface area contributed by atoms with E-state index in [4.69, 9.17) is 9.47 Å². The van der Waals surface area contributed by atoms with E-state index in [0.717, 1.165) is 12.1 Å². The number of methoxy groups -OCH3 is 1. The highest BCUT2D eigenvalue weighted by Crippen LogP contribution is 2.24. The normalized spacial score (nSPS) is 10.3. The van der Waals surface area contributed by atoms with Gasteiger partial charge in [-0.3, -0.25) is 0 Å². The van der Waals surface area contributed by atoms with Gasteiger partial charge in [0.1, 0.15) is 12.4 Å². The Balaban J connectivity index is 2.72. The minimum atomic E-state index is -0.602. The van der Waals surface area contributed by atoms with Gasteiger partial charge in [-0.25, -0.2) is 8.78 Å². The van der Waals surface area contributed by atoms with E-state index in [2.05, 4.69) is 15.9 Å². The Hall–Kier alpha value is -0.680. The monoisotopic (exact) mass is 266 g/mol. The van der Waals surface area contributed by atoms with Crippen LogP contribution in [-0.4, -0.2) is 20.3 Å². The van der Waals surface area contributed by atoms with Crippen LogP contribution >= 0.6 is 15.9 Å². The van der Waals surface area contributed by atoms with E-state index >= 15 is 0 Å². The van der Waals surface area contributed by atoms with Crippen molar-refractivity contribution in [2.45, 2.75) is 0 Å². The summed E-state index contributed by atoms with van der Waals surface area (Å²) in [5.41, 5.74) is 0. The zero-order valence-corrected chi connectivity index (χ0v) is 9.11. The molecule has 0 spiro atoms. The molecule has 0 unspecified atom stereocenters. The summed E-state index contributed by atoms with van der Waals surface area (Å²) < 4.78 is 35.8. The van der Waals surface area contributed by atoms with Gasteiger partial charge in [0, 0.05) is 13.2 Å². The highest BCUT2D eigenvalue weighted by atomic mass is 79.9. The summed E-state index contributed by atoms with van der Waals surface area (Å²) in [6.45, 7) is 0.519. The molecule has 0 bridgehead atoms. The molecule has 0 fully saturated rings. The lowest BCUT2D eigenvalue weighted by Gasteiger charge is -2.07. The second-order valence-electron chi connectivity index (χ2n) is 2.54. The van der Waals surface area contributed by atoms with Crippen LogP contribution in [0.25, 0.3) is 0 Å². The van der Waals surface area contributed by atoms with Gasteiger partial charge >= 0.3 is 0 Å². The van der Waals surface area contributed by atoms with Gasteiger partial charge in [0.2, 0.25) is 0 Å². The van der Waals surface area contributed by atoms with Crippen LogP contribution in [0.3, 0.4) is 0 Å². The Morgan fingerprint density at radius 3 is 2.57 bits per heavy atom. The quantitative estimate of drug-likeness (QED) is 0.617. The molecule has 5 heteroatoms. The van der Waals surface area contributed by atoms with Crippen LogP contribution in [0.2, 0.25) is 0 Å². The van der Waals surface area contributed by atoms with E-state index in [0.29, 0.717) is 6.61 Å². The third kappa shape index (κ3) is 2.92. The molecule has 0 N–H and O–H groups in total. The van der Waals surface area contributed by atoms with Gasteiger partial charge in [-0.2, -0.15) is 0 Å². The van der Waals surface area contributed by atoms with Crippen LogP contribution in [0.4, 0.5) is 8.78 Å². The van der Waals surface area contributed by atoms with E-state index in [1.807, 2.05) is 0 Å². The maximum absolute atomic E-state index is 13.1. The lowest BCUT2D eigenvalue weighted by atomic mass is 10.3. The molecular formula is C9H9BrF2O2. The fraction of sp³-hybridized carbons (Fsp3) is 0.333. The van der Waals surface area contributed by atoms with Gasteiger partial charge in [-0.15, -0.1) is 0 Å². The number of hydrogen-bond donors (Lipinski definition) is 0. The molecule has 0 aliphatic heterocycles. The van der Waals surface area contributed by atoms with Crippen molar-refractivity contribution in [2.24, 2.45) is 0 Å². The fourth-order valence-corrected chi connectivity index (χ4v) is 1.17. The average Bonchev–Trinajstić information content (AvgIpc) is 2.14. The van der Waals surface area contributed by atoms with Gasteiger partial charge in [0.25, 0.3) is 0 Å². The number of benzene rings is 1. The summed E-state index contributed by atoms with van der Waals surface area (Å²) in [5, 5.41) is 0. The van der Waals surface area contributed by atoms with Crippen molar-refractivity contribution in [2.75, 3.05) is 20.3 Å². The molecule has 0 radical (unpaired) electrons. The van der Waals surface area contributed by atoms with Crippen LogP contribution in [0.1, 0.15) is 0 Å². The van der Waals surface area contributed by atoms with Crippen molar-refractivity contribution < 1.29 is 18.3 Å². The number of ether oxygens (including phenoxy) is 2. The molecule has 0 aliphatic carbocycles. The molecule has 0 atom stereocenters. The summed E-state index contributed by atoms with van der Waals surface area (Å²) >= 11 is 2.87. The third-order valence-electron chi connectivity index (χ3n) is 1.52. The standard InChI is InChI=1S/C9H9BrF2O2/c1-13-2-3-14-9-5-7(11)6(10)4-8(9)12/h4-5H,2-3H2,1H3. The molecule has 1 aromatic rings. The molecule has 0 aliphatic rings. The van der Waals surface area contributed by atoms with Crippen molar-refractivity contribution in [1.82, 2.24) is 0 Å². The van der Waals surface area contributed by atoms with Crippen LogP contribution in [0.15, 0.2) is 16.6 Å². The molecule has 1 rings (SSSR count). The van der Waals surface area contributed by atoms with Crippen molar-refractivity contribution in [1.29, 1.82) is 0 Å². The van der Waals surface area contributed by atoms with E-state index in [-0.39, 0.29) is 16.8 Å². The molecule has 0 saturated heterocycles. The topological polar surface area (TPSA) is 18.5 Å². The van der Waals surface area contributed by atoms with E-state index < -0.39 is 11.6 Å². The molecule has 0 heterocycles. The number of halogens is 3. The summed E-state index contributed by atoms with van der Waals surface area (Å²) in [5.74, 6) is -1.27. The van der Waals surface area contributed by atoms with Gasteiger partial charge < -0.3 is 9.47 Å². The molecule has 78 valence electrons. The molecule has 0 aromatic heterocycles. The van der Waals surface area contributed by atoms with Crippen molar-refractivity contribution in [3.8, 4) is 5.75 Å². The predicted molar refractivity (Wildman–Crippen MR) is 51.4 cm³/mol.